The van der Waals surface area contributed by atoms with Crippen LogP contribution in [-0.2, 0) is 18.3 Å². The van der Waals surface area contributed by atoms with E-state index in [1.54, 1.807) is 30.4 Å². The molecule has 1 amide bonds. The molecule has 2 saturated heterocycles. The van der Waals surface area contributed by atoms with E-state index in [0.717, 1.165) is 38.4 Å². The van der Waals surface area contributed by atoms with Crippen molar-refractivity contribution in [3.63, 3.8) is 0 Å². The zero-order valence-corrected chi connectivity index (χ0v) is 14.7. The maximum Gasteiger partial charge on any atom is 0.257 e. The van der Waals surface area contributed by atoms with Crippen molar-refractivity contribution in [1.29, 1.82) is 0 Å². The number of ether oxygens (including phenoxy) is 1. The molecule has 0 N–H and O–H groups in total. The lowest BCUT2D eigenvalue weighted by Gasteiger charge is -2.41. The van der Waals surface area contributed by atoms with Crippen LogP contribution in [0.5, 0.6) is 0 Å². The largest absolute Gasteiger partial charge is 0.468 e. The Labute approximate surface area is 147 Å². The van der Waals surface area contributed by atoms with E-state index in [9.17, 15) is 4.79 Å². The highest BCUT2D eigenvalue weighted by atomic mass is 16.5. The lowest BCUT2D eigenvalue weighted by atomic mass is 9.88. The quantitative estimate of drug-likeness (QED) is 0.838. The van der Waals surface area contributed by atoms with Crippen LogP contribution in [0.1, 0.15) is 22.5 Å². The van der Waals surface area contributed by atoms with E-state index >= 15 is 0 Å². The van der Waals surface area contributed by atoms with Crippen LogP contribution in [-0.4, -0.2) is 64.4 Å². The van der Waals surface area contributed by atoms with Crippen LogP contribution >= 0.6 is 0 Å². The molecule has 0 radical (unpaired) electrons. The van der Waals surface area contributed by atoms with Gasteiger partial charge < -0.3 is 14.1 Å². The number of piperidine rings is 1. The summed E-state index contributed by atoms with van der Waals surface area (Å²) in [6.45, 7) is 3.26. The Hall–Kier alpha value is -2.12. The molecule has 3 atom stereocenters. The Morgan fingerprint density at radius 3 is 3.00 bits per heavy atom. The van der Waals surface area contributed by atoms with Crippen molar-refractivity contribution in [3.8, 4) is 0 Å². The Kier molecular flexibility index (Phi) is 4.35. The van der Waals surface area contributed by atoms with Crippen LogP contribution in [0.15, 0.2) is 35.2 Å². The number of rotatable bonds is 4. The number of carbonyl (C=O) groups is 1. The zero-order valence-electron chi connectivity index (χ0n) is 14.7. The molecule has 0 bridgehead atoms. The molecule has 2 aromatic heterocycles. The third-order valence-corrected chi connectivity index (χ3v) is 5.42. The molecule has 2 aliphatic heterocycles. The van der Waals surface area contributed by atoms with Gasteiger partial charge in [-0.2, -0.15) is 5.10 Å². The molecule has 25 heavy (non-hydrogen) atoms. The SMILES string of the molecule is CO[C@@H]1CCN(C(=O)c2cnn(C)c2)[C@H]2CN(Cc3ccco3)C[C@@H]12. The molecule has 2 fully saturated rings. The van der Waals surface area contributed by atoms with Gasteiger partial charge >= 0.3 is 0 Å². The third-order valence-electron chi connectivity index (χ3n) is 5.42. The average Bonchev–Trinajstić information content (AvgIpc) is 3.34. The predicted molar refractivity (Wildman–Crippen MR) is 90.9 cm³/mol. The second-order valence-corrected chi connectivity index (χ2v) is 6.97. The first kappa shape index (κ1) is 16.4. The molecule has 2 aliphatic rings. The van der Waals surface area contributed by atoms with Crippen LogP contribution in [0, 0.1) is 5.92 Å². The average molecular weight is 344 g/mol. The number of aromatic nitrogens is 2. The Bertz CT molecular complexity index is 727. The van der Waals surface area contributed by atoms with Gasteiger partial charge in [0.15, 0.2) is 0 Å². The van der Waals surface area contributed by atoms with Gasteiger partial charge in [-0.3, -0.25) is 14.4 Å². The highest BCUT2D eigenvalue weighted by Gasteiger charge is 2.46. The molecular formula is C18H24N4O3. The molecular weight excluding hydrogens is 320 g/mol. The normalized spacial score (nSPS) is 26.8. The molecule has 0 unspecified atom stereocenters. The summed E-state index contributed by atoms with van der Waals surface area (Å²) in [5.74, 6) is 1.35. The van der Waals surface area contributed by atoms with Crippen molar-refractivity contribution in [2.75, 3.05) is 26.7 Å². The number of methoxy groups -OCH3 is 1. The first-order chi connectivity index (χ1) is 12.2. The van der Waals surface area contributed by atoms with E-state index in [2.05, 4.69) is 10.00 Å². The van der Waals surface area contributed by atoms with Crippen LogP contribution in [0.2, 0.25) is 0 Å². The minimum absolute atomic E-state index is 0.0671. The van der Waals surface area contributed by atoms with Gasteiger partial charge in [0.1, 0.15) is 5.76 Å². The summed E-state index contributed by atoms with van der Waals surface area (Å²) >= 11 is 0. The fourth-order valence-electron chi connectivity index (χ4n) is 4.23. The van der Waals surface area contributed by atoms with E-state index in [1.807, 2.05) is 24.1 Å². The topological polar surface area (TPSA) is 63.7 Å². The number of aryl methyl sites for hydroxylation is 1. The Morgan fingerprint density at radius 2 is 2.32 bits per heavy atom. The molecule has 4 heterocycles. The summed E-state index contributed by atoms with van der Waals surface area (Å²) in [5, 5.41) is 4.14. The molecule has 7 nitrogen and oxygen atoms in total. The van der Waals surface area contributed by atoms with Gasteiger partial charge in [0.25, 0.3) is 5.91 Å². The van der Waals surface area contributed by atoms with Gasteiger partial charge in [-0.15, -0.1) is 0 Å². The number of carbonyl (C=O) groups excluding carboxylic acids is 1. The summed E-state index contributed by atoms with van der Waals surface area (Å²) in [4.78, 5) is 17.3. The molecule has 134 valence electrons. The second-order valence-electron chi connectivity index (χ2n) is 6.97. The standard InChI is InChI=1S/C18H24N4O3/c1-20-9-13(8-19-20)18(23)22-6-5-17(24-2)15-11-21(12-16(15)22)10-14-4-3-7-25-14/h3-4,7-9,15-17H,5-6,10-12H2,1-2H3/t15-,16+,17-/m1/s1. The van der Waals surface area contributed by atoms with Crippen molar-refractivity contribution in [3.05, 3.63) is 42.1 Å². The predicted octanol–water partition coefficient (Wildman–Crippen LogP) is 1.37. The number of fused-ring (bicyclic) bond motifs is 1. The summed E-state index contributed by atoms with van der Waals surface area (Å²) in [6, 6.07) is 4.07. The summed E-state index contributed by atoms with van der Waals surface area (Å²) in [6.07, 6.45) is 6.21. The lowest BCUT2D eigenvalue weighted by molar-refractivity contribution is -0.0157. The number of hydrogen-bond donors (Lipinski definition) is 0. The highest BCUT2D eigenvalue weighted by Crippen LogP contribution is 2.34. The number of furan rings is 1. The molecule has 0 saturated carbocycles. The lowest BCUT2D eigenvalue weighted by Crippen LogP contribution is -2.53. The maximum atomic E-state index is 13.0. The Morgan fingerprint density at radius 1 is 1.44 bits per heavy atom. The van der Waals surface area contributed by atoms with Gasteiger partial charge in [-0.25, -0.2) is 0 Å². The van der Waals surface area contributed by atoms with Crippen LogP contribution in [0.3, 0.4) is 0 Å². The van der Waals surface area contributed by atoms with Crippen LogP contribution < -0.4 is 0 Å². The summed E-state index contributed by atoms with van der Waals surface area (Å²) in [5.41, 5.74) is 0.654. The van der Waals surface area contributed by atoms with Gasteiger partial charge in [0.05, 0.1) is 36.7 Å². The van der Waals surface area contributed by atoms with Gasteiger partial charge in [-0.1, -0.05) is 0 Å². The smallest absolute Gasteiger partial charge is 0.257 e. The molecule has 7 heteroatoms. The number of likely N-dealkylation sites (tertiary alicyclic amines) is 2. The maximum absolute atomic E-state index is 13.0. The monoisotopic (exact) mass is 344 g/mol. The van der Waals surface area contributed by atoms with Crippen LogP contribution in [0.25, 0.3) is 0 Å². The minimum atomic E-state index is 0.0671. The van der Waals surface area contributed by atoms with Crippen molar-refractivity contribution in [1.82, 2.24) is 19.6 Å². The van der Waals surface area contributed by atoms with Crippen molar-refractivity contribution in [2.45, 2.75) is 25.1 Å². The first-order valence-corrected chi connectivity index (χ1v) is 8.73. The minimum Gasteiger partial charge on any atom is -0.468 e. The number of amides is 1. The fraction of sp³-hybridized carbons (Fsp3) is 0.556. The van der Waals surface area contributed by atoms with Crippen molar-refractivity contribution >= 4 is 5.91 Å². The van der Waals surface area contributed by atoms with E-state index in [0.29, 0.717) is 11.5 Å². The van der Waals surface area contributed by atoms with E-state index in [-0.39, 0.29) is 18.1 Å². The molecule has 4 rings (SSSR count). The molecule has 0 aliphatic carbocycles. The molecule has 2 aromatic rings. The first-order valence-electron chi connectivity index (χ1n) is 8.73. The summed E-state index contributed by atoms with van der Waals surface area (Å²) in [7, 11) is 3.60. The number of nitrogens with zero attached hydrogens (tertiary/aromatic N) is 4. The van der Waals surface area contributed by atoms with E-state index in [1.165, 1.54) is 0 Å². The second kappa shape index (κ2) is 6.65. The fourth-order valence-corrected chi connectivity index (χ4v) is 4.23. The number of hydrogen-bond acceptors (Lipinski definition) is 5. The summed E-state index contributed by atoms with van der Waals surface area (Å²) < 4.78 is 12.9. The van der Waals surface area contributed by atoms with E-state index in [4.69, 9.17) is 9.15 Å². The highest BCUT2D eigenvalue weighted by molar-refractivity contribution is 5.94. The zero-order chi connectivity index (χ0) is 17.4. The van der Waals surface area contributed by atoms with Crippen LogP contribution in [0.4, 0.5) is 0 Å². The Balaban J connectivity index is 1.53. The third kappa shape index (κ3) is 3.09. The molecule has 0 spiro atoms. The van der Waals surface area contributed by atoms with Gasteiger partial charge in [0, 0.05) is 45.9 Å². The van der Waals surface area contributed by atoms with Crippen molar-refractivity contribution in [2.24, 2.45) is 13.0 Å². The van der Waals surface area contributed by atoms with E-state index < -0.39 is 0 Å². The van der Waals surface area contributed by atoms with Gasteiger partial charge in [-0.05, 0) is 18.6 Å². The van der Waals surface area contributed by atoms with Crippen molar-refractivity contribution < 1.29 is 13.9 Å². The van der Waals surface area contributed by atoms with Gasteiger partial charge in [0.2, 0.25) is 0 Å². The molecule has 0 aromatic carbocycles.